The van der Waals surface area contributed by atoms with Gasteiger partial charge < -0.3 is 19.5 Å². The van der Waals surface area contributed by atoms with E-state index < -0.39 is 0 Å². The van der Waals surface area contributed by atoms with Gasteiger partial charge in [0, 0.05) is 17.6 Å². The molecule has 0 saturated heterocycles. The summed E-state index contributed by atoms with van der Waals surface area (Å²) in [5.41, 5.74) is 1.62. The summed E-state index contributed by atoms with van der Waals surface area (Å²) in [5, 5.41) is 10.7. The van der Waals surface area contributed by atoms with Crippen molar-refractivity contribution in [3.05, 3.63) is 66.4 Å². The summed E-state index contributed by atoms with van der Waals surface area (Å²) >= 11 is 0. The van der Waals surface area contributed by atoms with Gasteiger partial charge in [-0.05, 0) is 42.0 Å². The number of rotatable bonds is 5. The molecule has 3 heterocycles. The highest BCUT2D eigenvalue weighted by Gasteiger charge is 2.15. The number of benzene rings is 2. The molecule has 0 unspecified atom stereocenters. The van der Waals surface area contributed by atoms with Crippen molar-refractivity contribution < 1.29 is 19.0 Å². The van der Waals surface area contributed by atoms with Crippen molar-refractivity contribution >= 4 is 22.6 Å². The van der Waals surface area contributed by atoms with Crippen molar-refractivity contribution in [3.8, 4) is 23.1 Å². The Morgan fingerprint density at radius 1 is 1.07 bits per heavy atom. The van der Waals surface area contributed by atoms with Crippen molar-refractivity contribution in [2.24, 2.45) is 0 Å². The number of hydrogen-bond donors (Lipinski definition) is 2. The minimum atomic E-state index is -0.184. The molecule has 150 valence electrons. The van der Waals surface area contributed by atoms with Gasteiger partial charge in [-0.2, -0.15) is 5.10 Å². The molecule has 0 saturated carbocycles. The Labute approximate surface area is 171 Å². The SMILES string of the molecule is O=C(Cc1ccc2c(c1)OCCO2)Nc1n[nH]c2ccc(Oc3ccccn3)cc12. The number of aromatic nitrogens is 3. The van der Waals surface area contributed by atoms with Crippen molar-refractivity contribution in [2.45, 2.75) is 6.42 Å². The first kappa shape index (κ1) is 18.0. The molecule has 1 aliphatic heterocycles. The topological polar surface area (TPSA) is 98.4 Å². The van der Waals surface area contributed by atoms with Crippen LogP contribution in [0.1, 0.15) is 5.56 Å². The third kappa shape index (κ3) is 3.75. The molecule has 2 aromatic carbocycles. The molecular weight excluding hydrogens is 384 g/mol. The molecule has 8 heteroatoms. The summed E-state index contributed by atoms with van der Waals surface area (Å²) in [5.74, 6) is 2.71. The van der Waals surface area contributed by atoms with Crippen LogP contribution < -0.4 is 19.5 Å². The van der Waals surface area contributed by atoms with E-state index in [4.69, 9.17) is 14.2 Å². The lowest BCUT2D eigenvalue weighted by Crippen LogP contribution is -2.17. The second kappa shape index (κ2) is 7.75. The molecule has 0 spiro atoms. The van der Waals surface area contributed by atoms with Gasteiger partial charge in [-0.3, -0.25) is 9.89 Å². The van der Waals surface area contributed by atoms with E-state index in [0.29, 0.717) is 42.2 Å². The number of aromatic amines is 1. The van der Waals surface area contributed by atoms with E-state index in [0.717, 1.165) is 16.5 Å². The molecule has 8 nitrogen and oxygen atoms in total. The largest absolute Gasteiger partial charge is 0.486 e. The first-order valence-electron chi connectivity index (χ1n) is 9.50. The van der Waals surface area contributed by atoms with Crippen molar-refractivity contribution in [3.63, 3.8) is 0 Å². The van der Waals surface area contributed by atoms with E-state index in [9.17, 15) is 4.79 Å². The smallest absolute Gasteiger partial charge is 0.230 e. The van der Waals surface area contributed by atoms with Gasteiger partial charge in [0.2, 0.25) is 11.8 Å². The summed E-state index contributed by atoms with van der Waals surface area (Å²) < 4.78 is 16.9. The van der Waals surface area contributed by atoms with Crippen LogP contribution in [0.3, 0.4) is 0 Å². The Morgan fingerprint density at radius 2 is 1.97 bits per heavy atom. The molecule has 0 fully saturated rings. The molecule has 0 atom stereocenters. The zero-order valence-corrected chi connectivity index (χ0v) is 15.9. The lowest BCUT2D eigenvalue weighted by atomic mass is 10.1. The van der Waals surface area contributed by atoms with Crippen LogP contribution in [0.2, 0.25) is 0 Å². The average Bonchev–Trinajstić information content (AvgIpc) is 3.16. The number of nitrogens with one attached hydrogen (secondary N) is 2. The number of ether oxygens (including phenoxy) is 3. The summed E-state index contributed by atoms with van der Waals surface area (Å²) in [6.45, 7) is 1.04. The quantitative estimate of drug-likeness (QED) is 0.528. The van der Waals surface area contributed by atoms with Gasteiger partial charge in [0.15, 0.2) is 17.3 Å². The number of amides is 1. The average molecular weight is 402 g/mol. The predicted molar refractivity (Wildman–Crippen MR) is 110 cm³/mol. The second-order valence-corrected chi connectivity index (χ2v) is 6.75. The molecule has 0 radical (unpaired) electrons. The molecule has 2 N–H and O–H groups in total. The fraction of sp³-hybridized carbons (Fsp3) is 0.136. The Balaban J connectivity index is 1.32. The summed E-state index contributed by atoms with van der Waals surface area (Å²) in [4.78, 5) is 16.7. The molecular formula is C22H18N4O4. The fourth-order valence-electron chi connectivity index (χ4n) is 3.24. The molecule has 30 heavy (non-hydrogen) atoms. The molecule has 1 amide bonds. The Kier molecular flexibility index (Phi) is 4.65. The number of nitrogens with zero attached hydrogens (tertiary/aromatic N) is 2. The van der Waals surface area contributed by atoms with Gasteiger partial charge in [0.05, 0.1) is 11.9 Å². The molecule has 2 aromatic heterocycles. The minimum absolute atomic E-state index is 0.184. The van der Waals surface area contributed by atoms with E-state index in [1.807, 2.05) is 48.5 Å². The maximum absolute atomic E-state index is 12.6. The van der Waals surface area contributed by atoms with Gasteiger partial charge in [0.25, 0.3) is 0 Å². The van der Waals surface area contributed by atoms with E-state index in [1.165, 1.54) is 0 Å². The molecule has 5 rings (SSSR count). The third-order valence-electron chi connectivity index (χ3n) is 4.62. The van der Waals surface area contributed by atoms with Crippen molar-refractivity contribution in [2.75, 3.05) is 18.5 Å². The highest BCUT2D eigenvalue weighted by molar-refractivity contribution is 6.00. The van der Waals surface area contributed by atoms with Crippen LogP contribution in [0.5, 0.6) is 23.1 Å². The van der Waals surface area contributed by atoms with Gasteiger partial charge in [-0.1, -0.05) is 12.1 Å². The zero-order chi connectivity index (χ0) is 20.3. The van der Waals surface area contributed by atoms with E-state index >= 15 is 0 Å². The number of carbonyl (C=O) groups is 1. The first-order chi connectivity index (χ1) is 14.7. The Morgan fingerprint density at radius 3 is 2.83 bits per heavy atom. The minimum Gasteiger partial charge on any atom is -0.486 e. The lowest BCUT2D eigenvalue weighted by Gasteiger charge is -2.18. The van der Waals surface area contributed by atoms with E-state index in [1.54, 1.807) is 12.3 Å². The van der Waals surface area contributed by atoms with Crippen LogP contribution in [0.4, 0.5) is 5.82 Å². The first-order valence-corrected chi connectivity index (χ1v) is 9.50. The highest BCUT2D eigenvalue weighted by Crippen LogP contribution is 2.31. The third-order valence-corrected chi connectivity index (χ3v) is 4.62. The fourth-order valence-corrected chi connectivity index (χ4v) is 3.24. The standard InChI is InChI=1S/C22H18N4O4/c27-20(12-14-4-7-18-19(11-14)29-10-9-28-18)24-22-16-13-15(5-6-17(16)25-26-22)30-21-3-1-2-8-23-21/h1-8,11,13H,9-10,12H2,(H2,24,25,26,27). The summed E-state index contributed by atoms with van der Waals surface area (Å²) in [7, 11) is 0. The van der Waals surface area contributed by atoms with Crippen LogP contribution >= 0.6 is 0 Å². The van der Waals surface area contributed by atoms with E-state index in [2.05, 4.69) is 20.5 Å². The summed E-state index contributed by atoms with van der Waals surface area (Å²) in [6.07, 6.45) is 1.85. The number of hydrogen-bond acceptors (Lipinski definition) is 6. The second-order valence-electron chi connectivity index (χ2n) is 6.75. The number of H-pyrrole nitrogens is 1. The molecule has 0 bridgehead atoms. The van der Waals surface area contributed by atoms with Crippen LogP contribution in [0.25, 0.3) is 10.9 Å². The van der Waals surface area contributed by atoms with Crippen LogP contribution in [-0.2, 0) is 11.2 Å². The van der Waals surface area contributed by atoms with Gasteiger partial charge in [-0.15, -0.1) is 0 Å². The van der Waals surface area contributed by atoms with Crippen molar-refractivity contribution in [1.29, 1.82) is 0 Å². The normalized spacial score (nSPS) is 12.5. The molecule has 4 aromatic rings. The van der Waals surface area contributed by atoms with E-state index in [-0.39, 0.29) is 12.3 Å². The zero-order valence-electron chi connectivity index (χ0n) is 15.9. The number of pyridine rings is 1. The maximum atomic E-state index is 12.6. The van der Waals surface area contributed by atoms with Crippen LogP contribution in [0.15, 0.2) is 60.8 Å². The number of carbonyl (C=O) groups excluding carboxylic acids is 1. The number of anilines is 1. The lowest BCUT2D eigenvalue weighted by molar-refractivity contribution is -0.115. The van der Waals surface area contributed by atoms with Gasteiger partial charge >= 0.3 is 0 Å². The highest BCUT2D eigenvalue weighted by atomic mass is 16.6. The summed E-state index contributed by atoms with van der Waals surface area (Å²) in [6, 6.07) is 16.4. The van der Waals surface area contributed by atoms with Gasteiger partial charge in [0.1, 0.15) is 19.0 Å². The monoisotopic (exact) mass is 402 g/mol. The van der Waals surface area contributed by atoms with Crippen LogP contribution in [0, 0.1) is 0 Å². The molecule has 0 aliphatic carbocycles. The maximum Gasteiger partial charge on any atom is 0.230 e. The molecule has 1 aliphatic rings. The Hall–Kier alpha value is -4.07. The van der Waals surface area contributed by atoms with Gasteiger partial charge in [-0.25, -0.2) is 4.98 Å². The van der Waals surface area contributed by atoms with Crippen LogP contribution in [-0.4, -0.2) is 34.3 Å². The number of fused-ring (bicyclic) bond motifs is 2. The predicted octanol–water partition coefficient (Wildman–Crippen LogP) is 3.70. The van der Waals surface area contributed by atoms with Crippen molar-refractivity contribution in [1.82, 2.24) is 15.2 Å². The Bertz CT molecular complexity index is 1210.